The average Bonchev–Trinajstić information content (AvgIpc) is 2.16. The Morgan fingerprint density at radius 1 is 1.25 bits per heavy atom. The lowest BCUT2D eigenvalue weighted by Crippen LogP contribution is -2.18. The number of ether oxygens (including phenoxy) is 1. The minimum atomic E-state index is -4.75. The van der Waals surface area contributed by atoms with Gasteiger partial charge in [0.1, 0.15) is 5.82 Å². The number of rotatable bonds is 4. The van der Waals surface area contributed by atoms with Crippen LogP contribution in [0.1, 0.15) is 0 Å². The summed E-state index contributed by atoms with van der Waals surface area (Å²) >= 11 is 0. The van der Waals surface area contributed by atoms with Crippen LogP contribution in [0.2, 0.25) is 0 Å². The van der Waals surface area contributed by atoms with E-state index in [4.69, 9.17) is 0 Å². The zero-order valence-corrected chi connectivity index (χ0v) is 8.78. The van der Waals surface area contributed by atoms with Crippen molar-refractivity contribution in [2.75, 3.05) is 12.4 Å². The number of hydrogen-bond acceptors (Lipinski definition) is 2. The van der Waals surface area contributed by atoms with Crippen molar-refractivity contribution < 1.29 is 26.5 Å². The quantitative estimate of drug-likeness (QED) is 0.773. The molecule has 7 heteroatoms. The third kappa shape index (κ3) is 4.28. The van der Waals surface area contributed by atoms with Gasteiger partial charge in [-0.3, -0.25) is 8.95 Å². The van der Waals surface area contributed by atoms with Gasteiger partial charge in [-0.15, -0.1) is 13.2 Å². The molecule has 0 spiro atoms. The first kappa shape index (κ1) is 13.1. The van der Waals surface area contributed by atoms with Crippen LogP contribution >= 0.6 is 0 Å². The number of alkyl halides is 3. The van der Waals surface area contributed by atoms with Crippen LogP contribution in [0.4, 0.5) is 17.6 Å². The first-order valence-electron chi connectivity index (χ1n) is 4.24. The van der Waals surface area contributed by atoms with E-state index in [2.05, 4.69) is 4.74 Å². The van der Waals surface area contributed by atoms with Gasteiger partial charge in [0, 0.05) is 0 Å². The van der Waals surface area contributed by atoms with Crippen molar-refractivity contribution in [2.45, 2.75) is 11.3 Å². The first-order valence-corrected chi connectivity index (χ1v) is 5.55. The van der Waals surface area contributed by atoms with Gasteiger partial charge in [-0.2, -0.15) is 0 Å². The van der Waals surface area contributed by atoms with Gasteiger partial charge in [0.15, 0.2) is 0 Å². The SMILES string of the molecule is O=S(CCOC(F)(F)F)c1ccccc1F. The van der Waals surface area contributed by atoms with Crippen LogP contribution in [-0.2, 0) is 15.5 Å². The maximum Gasteiger partial charge on any atom is 0.522 e. The fraction of sp³-hybridized carbons (Fsp3) is 0.333. The Kier molecular flexibility index (Phi) is 4.43. The van der Waals surface area contributed by atoms with Crippen molar-refractivity contribution in [3.63, 3.8) is 0 Å². The molecule has 1 atom stereocenters. The van der Waals surface area contributed by atoms with Crippen molar-refractivity contribution in [3.8, 4) is 0 Å². The summed E-state index contributed by atoms with van der Waals surface area (Å²) in [5, 5.41) is 0. The lowest BCUT2D eigenvalue weighted by Gasteiger charge is -2.07. The summed E-state index contributed by atoms with van der Waals surface area (Å²) < 4.78 is 62.6. The van der Waals surface area contributed by atoms with Crippen molar-refractivity contribution in [1.29, 1.82) is 0 Å². The van der Waals surface area contributed by atoms with E-state index in [1.807, 2.05) is 0 Å². The predicted octanol–water partition coefficient (Wildman–Crippen LogP) is 2.47. The molecule has 16 heavy (non-hydrogen) atoms. The zero-order chi connectivity index (χ0) is 12.2. The Hall–Kier alpha value is -0.950. The van der Waals surface area contributed by atoms with Gasteiger partial charge in [0.25, 0.3) is 0 Å². The average molecular weight is 256 g/mol. The molecular weight excluding hydrogens is 248 g/mol. The highest BCUT2D eigenvalue weighted by Crippen LogP contribution is 2.17. The second-order valence-electron chi connectivity index (χ2n) is 2.77. The topological polar surface area (TPSA) is 26.3 Å². The van der Waals surface area contributed by atoms with Crippen molar-refractivity contribution in [3.05, 3.63) is 30.1 Å². The Balaban J connectivity index is 2.51. The van der Waals surface area contributed by atoms with Gasteiger partial charge in [-0.1, -0.05) is 12.1 Å². The minimum Gasteiger partial charge on any atom is -0.291 e. The Morgan fingerprint density at radius 3 is 2.44 bits per heavy atom. The molecule has 1 aromatic carbocycles. The van der Waals surface area contributed by atoms with Crippen LogP contribution in [0.5, 0.6) is 0 Å². The number of hydrogen-bond donors (Lipinski definition) is 0. The third-order valence-electron chi connectivity index (χ3n) is 1.62. The molecule has 0 N–H and O–H groups in total. The fourth-order valence-corrected chi connectivity index (χ4v) is 1.94. The summed E-state index contributed by atoms with van der Waals surface area (Å²) in [6.45, 7) is -0.759. The predicted molar refractivity (Wildman–Crippen MR) is 49.7 cm³/mol. The van der Waals surface area contributed by atoms with E-state index in [1.54, 1.807) is 0 Å². The minimum absolute atomic E-state index is 0.117. The Labute approximate surface area is 91.7 Å². The largest absolute Gasteiger partial charge is 0.522 e. The second kappa shape index (κ2) is 5.40. The molecule has 0 saturated heterocycles. The molecule has 0 saturated carbocycles. The summed E-state index contributed by atoms with van der Waals surface area (Å²) in [5.41, 5.74) is 0. The molecule has 0 aliphatic rings. The summed E-state index contributed by atoms with van der Waals surface area (Å²) in [6, 6.07) is 5.22. The lowest BCUT2D eigenvalue weighted by molar-refractivity contribution is -0.322. The molecule has 0 amide bonds. The summed E-state index contributed by atoms with van der Waals surface area (Å²) in [6.07, 6.45) is -4.75. The molecule has 2 nitrogen and oxygen atoms in total. The van der Waals surface area contributed by atoms with E-state index in [0.29, 0.717) is 0 Å². The standard InChI is InChI=1S/C9H8F4O2S/c10-7-3-1-2-4-8(7)16(14)6-5-15-9(11,12)13/h1-4H,5-6H2. The Morgan fingerprint density at radius 2 is 1.88 bits per heavy atom. The van der Waals surface area contributed by atoms with E-state index in [9.17, 15) is 21.8 Å². The van der Waals surface area contributed by atoms with Crippen molar-refractivity contribution in [1.82, 2.24) is 0 Å². The van der Waals surface area contributed by atoms with Crippen molar-refractivity contribution in [2.24, 2.45) is 0 Å². The van der Waals surface area contributed by atoms with Crippen LogP contribution in [0.3, 0.4) is 0 Å². The highest BCUT2D eigenvalue weighted by molar-refractivity contribution is 7.85. The van der Waals surface area contributed by atoms with Crippen LogP contribution in [0, 0.1) is 5.82 Å². The van der Waals surface area contributed by atoms with E-state index in [-0.39, 0.29) is 4.90 Å². The molecule has 0 aliphatic carbocycles. The van der Waals surface area contributed by atoms with Crippen molar-refractivity contribution >= 4 is 10.8 Å². The van der Waals surface area contributed by atoms with Crippen LogP contribution in [0.25, 0.3) is 0 Å². The summed E-state index contributed by atoms with van der Waals surface area (Å²) in [4.78, 5) is -0.117. The fourth-order valence-electron chi connectivity index (χ4n) is 0.972. The highest BCUT2D eigenvalue weighted by Gasteiger charge is 2.29. The zero-order valence-electron chi connectivity index (χ0n) is 7.96. The van der Waals surface area contributed by atoms with Gasteiger partial charge in [0.2, 0.25) is 0 Å². The second-order valence-corrected chi connectivity index (χ2v) is 4.31. The third-order valence-corrected chi connectivity index (χ3v) is 2.98. The summed E-state index contributed by atoms with van der Waals surface area (Å²) in [5.74, 6) is -1.10. The molecule has 90 valence electrons. The van der Waals surface area contributed by atoms with Gasteiger partial charge >= 0.3 is 6.36 Å². The molecule has 0 fully saturated rings. The van der Waals surface area contributed by atoms with Crippen LogP contribution in [0.15, 0.2) is 29.2 Å². The van der Waals surface area contributed by atoms with Gasteiger partial charge in [0.05, 0.1) is 28.1 Å². The molecule has 0 radical (unpaired) electrons. The molecule has 1 aromatic rings. The van der Waals surface area contributed by atoms with Crippen LogP contribution in [-0.4, -0.2) is 22.9 Å². The normalized spacial score (nSPS) is 13.8. The van der Waals surface area contributed by atoms with Gasteiger partial charge < -0.3 is 0 Å². The monoisotopic (exact) mass is 256 g/mol. The summed E-state index contributed by atoms with van der Waals surface area (Å²) in [7, 11) is -1.83. The number of benzene rings is 1. The van der Waals surface area contributed by atoms with E-state index in [1.165, 1.54) is 18.2 Å². The maximum absolute atomic E-state index is 13.0. The molecule has 0 bridgehead atoms. The lowest BCUT2D eigenvalue weighted by atomic mass is 10.3. The smallest absolute Gasteiger partial charge is 0.291 e. The molecule has 0 aromatic heterocycles. The molecule has 1 unspecified atom stereocenters. The number of halogens is 4. The van der Waals surface area contributed by atoms with E-state index < -0.39 is 35.3 Å². The molecule has 0 heterocycles. The maximum atomic E-state index is 13.0. The molecule has 1 rings (SSSR count). The molecular formula is C9H8F4O2S. The van der Waals surface area contributed by atoms with E-state index >= 15 is 0 Å². The van der Waals surface area contributed by atoms with E-state index in [0.717, 1.165) is 6.07 Å². The molecule has 0 aliphatic heterocycles. The van der Waals surface area contributed by atoms with Gasteiger partial charge in [-0.25, -0.2) is 4.39 Å². The Bertz CT molecular complexity index is 378. The first-order chi connectivity index (χ1) is 7.40. The van der Waals surface area contributed by atoms with Gasteiger partial charge in [-0.05, 0) is 12.1 Å². The van der Waals surface area contributed by atoms with Crippen LogP contribution < -0.4 is 0 Å². The highest BCUT2D eigenvalue weighted by atomic mass is 32.2.